The Balaban J connectivity index is 2.04. The van der Waals surface area contributed by atoms with Gasteiger partial charge in [0.05, 0.1) is 17.1 Å². The van der Waals surface area contributed by atoms with E-state index in [1.165, 1.54) is 0 Å². The molecule has 1 amide bonds. The van der Waals surface area contributed by atoms with E-state index >= 15 is 0 Å². The molecule has 2 heterocycles. The second-order valence-corrected chi connectivity index (χ2v) is 4.13. The van der Waals surface area contributed by atoms with Crippen molar-refractivity contribution in [3.05, 3.63) is 15.9 Å². The highest BCUT2D eigenvalue weighted by molar-refractivity contribution is 9.10. The third kappa shape index (κ3) is 2.19. The van der Waals surface area contributed by atoms with Gasteiger partial charge < -0.3 is 5.32 Å². The van der Waals surface area contributed by atoms with E-state index in [4.69, 9.17) is 4.84 Å². The molecule has 0 aliphatic carbocycles. The predicted octanol–water partition coefficient (Wildman–Crippen LogP) is 0.114. The lowest BCUT2D eigenvalue weighted by molar-refractivity contribution is 0.0882. The van der Waals surface area contributed by atoms with Gasteiger partial charge in [-0.2, -0.15) is 5.10 Å². The van der Waals surface area contributed by atoms with E-state index in [-0.39, 0.29) is 11.9 Å². The zero-order chi connectivity index (χ0) is 10.8. The molecule has 0 radical (unpaired) electrons. The topological polar surface area (TPSA) is 79.0 Å². The fraction of sp³-hybridized carbons (Fsp3) is 0.500. The molecular weight excluding hydrogens is 264 g/mol. The number of nitrogens with one attached hydrogen (secondary N) is 3. The summed E-state index contributed by atoms with van der Waals surface area (Å²) in [6.07, 6.45) is 0. The number of aromatic amines is 1. The molecule has 7 heteroatoms. The molecule has 15 heavy (non-hydrogen) atoms. The van der Waals surface area contributed by atoms with Crippen molar-refractivity contribution in [3.63, 3.8) is 0 Å². The molecule has 0 spiro atoms. The Hall–Kier alpha value is -0.920. The number of carbonyl (C=O) groups excluding carboxylic acids is 1. The number of hydrogen-bond donors (Lipinski definition) is 3. The van der Waals surface area contributed by atoms with Crippen molar-refractivity contribution < 1.29 is 9.63 Å². The lowest BCUT2D eigenvalue weighted by Gasteiger charge is -2.07. The van der Waals surface area contributed by atoms with Crippen molar-refractivity contribution in [2.24, 2.45) is 0 Å². The predicted molar refractivity (Wildman–Crippen MR) is 56.2 cm³/mol. The summed E-state index contributed by atoms with van der Waals surface area (Å²) in [5.41, 5.74) is 3.90. The molecule has 1 aliphatic rings. The first-order valence-electron chi connectivity index (χ1n) is 4.54. The van der Waals surface area contributed by atoms with E-state index in [1.54, 1.807) is 0 Å². The summed E-state index contributed by atoms with van der Waals surface area (Å²) in [7, 11) is 0. The summed E-state index contributed by atoms with van der Waals surface area (Å²) in [4.78, 5) is 16.7. The number of H-pyrrole nitrogens is 1. The van der Waals surface area contributed by atoms with Crippen LogP contribution >= 0.6 is 15.9 Å². The number of nitrogens with zero attached hydrogens (tertiary/aromatic N) is 1. The van der Waals surface area contributed by atoms with Crippen LogP contribution in [-0.4, -0.2) is 35.3 Å². The van der Waals surface area contributed by atoms with Crippen LogP contribution in [0.4, 0.5) is 0 Å². The van der Waals surface area contributed by atoms with Gasteiger partial charge in [-0.05, 0) is 22.9 Å². The molecule has 0 unspecified atom stereocenters. The lowest BCUT2D eigenvalue weighted by atomic mass is 10.3. The van der Waals surface area contributed by atoms with Crippen LogP contribution in [0.3, 0.4) is 0 Å². The second-order valence-electron chi connectivity index (χ2n) is 3.34. The Labute approximate surface area is 94.8 Å². The average molecular weight is 275 g/mol. The molecule has 1 aromatic rings. The second kappa shape index (κ2) is 4.30. The van der Waals surface area contributed by atoms with Crippen LogP contribution in [0.25, 0.3) is 0 Å². The SMILES string of the molecule is Cc1[nH]nc(C(=O)N[C@H]2CNOC2)c1Br. The monoisotopic (exact) mass is 274 g/mol. The summed E-state index contributed by atoms with van der Waals surface area (Å²) in [6.45, 7) is 2.94. The molecule has 0 aromatic carbocycles. The molecule has 1 fully saturated rings. The summed E-state index contributed by atoms with van der Waals surface area (Å²) >= 11 is 3.30. The molecule has 1 aliphatic heterocycles. The van der Waals surface area contributed by atoms with Crippen molar-refractivity contribution >= 4 is 21.8 Å². The van der Waals surface area contributed by atoms with E-state index < -0.39 is 0 Å². The molecule has 6 nitrogen and oxygen atoms in total. The number of amides is 1. The van der Waals surface area contributed by atoms with Gasteiger partial charge in [0.2, 0.25) is 0 Å². The van der Waals surface area contributed by atoms with E-state index in [1.807, 2.05) is 6.92 Å². The standard InChI is InChI=1S/C8H11BrN4O2/c1-4-6(9)7(13-12-4)8(14)11-5-2-10-15-3-5/h5,10H,2-3H2,1H3,(H,11,14)(H,12,13)/t5-/m0/s1. The molecule has 82 valence electrons. The van der Waals surface area contributed by atoms with Crippen LogP contribution in [0.2, 0.25) is 0 Å². The number of aromatic nitrogens is 2. The number of carbonyl (C=O) groups is 1. The van der Waals surface area contributed by atoms with Crippen molar-refractivity contribution in [3.8, 4) is 0 Å². The summed E-state index contributed by atoms with van der Waals surface area (Å²) in [5, 5.41) is 9.46. The maximum absolute atomic E-state index is 11.7. The minimum atomic E-state index is -0.205. The average Bonchev–Trinajstić information content (AvgIpc) is 2.79. The zero-order valence-electron chi connectivity index (χ0n) is 8.13. The third-order valence-corrected chi connectivity index (χ3v) is 3.11. The van der Waals surface area contributed by atoms with Gasteiger partial charge in [0.1, 0.15) is 0 Å². The van der Waals surface area contributed by atoms with Crippen LogP contribution in [0.15, 0.2) is 4.47 Å². The number of hydrogen-bond acceptors (Lipinski definition) is 4. The van der Waals surface area contributed by atoms with Gasteiger partial charge in [0, 0.05) is 12.2 Å². The van der Waals surface area contributed by atoms with Gasteiger partial charge in [-0.25, -0.2) is 5.48 Å². The molecule has 1 atom stereocenters. The molecule has 2 rings (SSSR count). The number of rotatable bonds is 2. The molecule has 1 aromatic heterocycles. The van der Waals surface area contributed by atoms with Gasteiger partial charge >= 0.3 is 0 Å². The fourth-order valence-corrected chi connectivity index (χ4v) is 1.65. The van der Waals surface area contributed by atoms with Gasteiger partial charge in [-0.3, -0.25) is 14.7 Å². The summed E-state index contributed by atoms with van der Waals surface area (Å²) in [5.74, 6) is -0.205. The number of aryl methyl sites for hydroxylation is 1. The largest absolute Gasteiger partial charge is 0.344 e. The zero-order valence-corrected chi connectivity index (χ0v) is 9.72. The molecular formula is C8H11BrN4O2. The van der Waals surface area contributed by atoms with Crippen molar-refractivity contribution in [1.29, 1.82) is 0 Å². The summed E-state index contributed by atoms with van der Waals surface area (Å²) in [6, 6.07) is 0.00130. The van der Waals surface area contributed by atoms with Crippen LogP contribution in [0.1, 0.15) is 16.2 Å². The quantitative estimate of drug-likeness (QED) is 0.716. The van der Waals surface area contributed by atoms with E-state index in [9.17, 15) is 4.79 Å². The fourth-order valence-electron chi connectivity index (χ4n) is 1.29. The number of halogens is 1. The minimum absolute atomic E-state index is 0.00130. The highest BCUT2D eigenvalue weighted by atomic mass is 79.9. The maximum Gasteiger partial charge on any atom is 0.273 e. The van der Waals surface area contributed by atoms with Crippen LogP contribution in [0, 0.1) is 6.92 Å². The van der Waals surface area contributed by atoms with Gasteiger partial charge in [0.15, 0.2) is 5.69 Å². The molecule has 1 saturated heterocycles. The van der Waals surface area contributed by atoms with Crippen molar-refractivity contribution in [1.82, 2.24) is 21.0 Å². The highest BCUT2D eigenvalue weighted by Crippen LogP contribution is 2.17. The van der Waals surface area contributed by atoms with E-state index in [0.29, 0.717) is 23.3 Å². The normalized spacial score (nSPS) is 20.5. The van der Waals surface area contributed by atoms with Gasteiger partial charge in [0.25, 0.3) is 5.91 Å². The Kier molecular flexibility index (Phi) is 3.03. The summed E-state index contributed by atoms with van der Waals surface area (Å²) < 4.78 is 0.701. The lowest BCUT2D eigenvalue weighted by Crippen LogP contribution is -2.38. The van der Waals surface area contributed by atoms with Crippen molar-refractivity contribution in [2.45, 2.75) is 13.0 Å². The van der Waals surface area contributed by atoms with Crippen molar-refractivity contribution in [2.75, 3.05) is 13.2 Å². The molecule has 0 bridgehead atoms. The van der Waals surface area contributed by atoms with Gasteiger partial charge in [-0.15, -0.1) is 0 Å². The van der Waals surface area contributed by atoms with E-state index in [0.717, 1.165) is 5.69 Å². The van der Waals surface area contributed by atoms with Crippen LogP contribution in [0.5, 0.6) is 0 Å². The highest BCUT2D eigenvalue weighted by Gasteiger charge is 2.22. The van der Waals surface area contributed by atoms with Gasteiger partial charge in [-0.1, -0.05) is 0 Å². The number of hydroxylamine groups is 1. The first kappa shape index (κ1) is 10.6. The van der Waals surface area contributed by atoms with Crippen LogP contribution in [-0.2, 0) is 4.84 Å². The van der Waals surface area contributed by atoms with E-state index in [2.05, 4.69) is 36.9 Å². The first-order valence-corrected chi connectivity index (χ1v) is 5.33. The molecule has 3 N–H and O–H groups in total. The Bertz CT molecular complexity index is 373. The Morgan fingerprint density at radius 3 is 3.07 bits per heavy atom. The Morgan fingerprint density at radius 1 is 1.73 bits per heavy atom. The molecule has 0 saturated carbocycles. The Morgan fingerprint density at radius 2 is 2.53 bits per heavy atom. The minimum Gasteiger partial charge on any atom is -0.344 e. The third-order valence-electron chi connectivity index (χ3n) is 2.14. The smallest absolute Gasteiger partial charge is 0.273 e. The maximum atomic E-state index is 11.7. The first-order chi connectivity index (χ1) is 7.18. The van der Waals surface area contributed by atoms with Crippen LogP contribution < -0.4 is 10.8 Å².